The monoisotopic (exact) mass is 400 g/mol. The van der Waals surface area contributed by atoms with Gasteiger partial charge < -0.3 is 14.6 Å². The van der Waals surface area contributed by atoms with Crippen LogP contribution in [0.1, 0.15) is 42.5 Å². The molecule has 1 N–H and O–H groups in total. The molecule has 0 saturated carbocycles. The molecular weight excluding hydrogens is 372 g/mol. The van der Waals surface area contributed by atoms with Crippen molar-refractivity contribution in [3.8, 4) is 11.4 Å². The van der Waals surface area contributed by atoms with Gasteiger partial charge in [0.25, 0.3) is 0 Å². The van der Waals surface area contributed by atoms with Crippen LogP contribution in [0.25, 0.3) is 16.5 Å². The topological polar surface area (TPSA) is 52.0 Å². The first-order chi connectivity index (χ1) is 14.5. The SMILES string of the molecule is CCOc1ccc(-n2c(C)c3c(C)nnc(NC(C)c4ccccc4)c3c2C)cc1. The summed E-state index contributed by atoms with van der Waals surface area (Å²) in [5.74, 6) is 1.70. The van der Waals surface area contributed by atoms with Crippen molar-refractivity contribution < 1.29 is 4.74 Å². The Bertz CT molecular complexity index is 1160. The van der Waals surface area contributed by atoms with Gasteiger partial charge in [0.1, 0.15) is 5.75 Å². The Labute approximate surface area is 177 Å². The molecule has 0 saturated heterocycles. The van der Waals surface area contributed by atoms with Crippen LogP contribution in [0, 0.1) is 20.8 Å². The number of hydrogen-bond donors (Lipinski definition) is 1. The maximum absolute atomic E-state index is 5.60. The first kappa shape index (κ1) is 20.0. The molecule has 2 heterocycles. The second-order valence-electron chi connectivity index (χ2n) is 7.59. The quantitative estimate of drug-likeness (QED) is 0.437. The summed E-state index contributed by atoms with van der Waals surface area (Å²) >= 11 is 0. The van der Waals surface area contributed by atoms with E-state index in [-0.39, 0.29) is 6.04 Å². The molecule has 30 heavy (non-hydrogen) atoms. The molecule has 4 aromatic rings. The number of fused-ring (bicyclic) bond motifs is 1. The number of benzene rings is 2. The minimum atomic E-state index is 0.125. The van der Waals surface area contributed by atoms with Crippen molar-refractivity contribution in [2.75, 3.05) is 11.9 Å². The van der Waals surface area contributed by atoms with Crippen molar-refractivity contribution in [3.63, 3.8) is 0 Å². The summed E-state index contributed by atoms with van der Waals surface area (Å²) in [6, 6.07) is 18.7. The number of aryl methyl sites for hydroxylation is 3. The van der Waals surface area contributed by atoms with E-state index >= 15 is 0 Å². The largest absolute Gasteiger partial charge is 0.494 e. The molecule has 0 spiro atoms. The number of nitrogens with one attached hydrogen (secondary N) is 1. The zero-order valence-electron chi connectivity index (χ0n) is 18.2. The van der Waals surface area contributed by atoms with Crippen molar-refractivity contribution in [1.82, 2.24) is 14.8 Å². The average Bonchev–Trinajstić information content (AvgIpc) is 3.03. The lowest BCUT2D eigenvalue weighted by atomic mass is 10.1. The van der Waals surface area contributed by atoms with Gasteiger partial charge in [-0.05, 0) is 64.4 Å². The molecule has 0 radical (unpaired) electrons. The summed E-state index contributed by atoms with van der Waals surface area (Å²) in [5.41, 5.74) is 5.56. The normalized spacial score (nSPS) is 12.2. The molecule has 0 fully saturated rings. The standard InChI is InChI=1S/C25H28N4O/c1-6-30-22-14-12-21(13-15-22)29-18(4)23-17(3)27-28-25(24(23)19(29)5)26-16(2)20-10-8-7-9-11-20/h7-16H,6H2,1-5H3,(H,26,28). The average molecular weight is 401 g/mol. The zero-order valence-corrected chi connectivity index (χ0v) is 18.2. The van der Waals surface area contributed by atoms with Crippen LogP contribution >= 0.6 is 0 Å². The number of hydrogen-bond acceptors (Lipinski definition) is 4. The molecule has 0 amide bonds. The minimum Gasteiger partial charge on any atom is -0.494 e. The van der Waals surface area contributed by atoms with Gasteiger partial charge in [0.2, 0.25) is 0 Å². The first-order valence-corrected chi connectivity index (χ1v) is 10.4. The summed E-state index contributed by atoms with van der Waals surface area (Å²) in [7, 11) is 0. The number of anilines is 1. The highest BCUT2D eigenvalue weighted by atomic mass is 16.5. The van der Waals surface area contributed by atoms with E-state index in [2.05, 4.69) is 77.3 Å². The molecule has 0 aliphatic rings. The summed E-state index contributed by atoms with van der Waals surface area (Å²) in [4.78, 5) is 0. The van der Waals surface area contributed by atoms with E-state index < -0.39 is 0 Å². The van der Waals surface area contributed by atoms with Crippen molar-refractivity contribution in [3.05, 3.63) is 77.2 Å². The van der Waals surface area contributed by atoms with Gasteiger partial charge in [0, 0.05) is 27.8 Å². The van der Waals surface area contributed by atoms with E-state index in [0.717, 1.165) is 45.1 Å². The number of rotatable bonds is 6. The zero-order chi connectivity index (χ0) is 21.3. The van der Waals surface area contributed by atoms with E-state index in [0.29, 0.717) is 6.61 Å². The molecule has 2 aromatic heterocycles. The molecule has 5 nitrogen and oxygen atoms in total. The Morgan fingerprint density at radius 1 is 0.900 bits per heavy atom. The van der Waals surface area contributed by atoms with E-state index in [4.69, 9.17) is 4.74 Å². The molecule has 5 heteroatoms. The van der Waals surface area contributed by atoms with Crippen LogP contribution in [0.15, 0.2) is 54.6 Å². The van der Waals surface area contributed by atoms with Crippen LogP contribution in [0.2, 0.25) is 0 Å². The molecule has 154 valence electrons. The van der Waals surface area contributed by atoms with E-state index in [9.17, 15) is 0 Å². The van der Waals surface area contributed by atoms with E-state index in [1.54, 1.807) is 0 Å². The Morgan fingerprint density at radius 2 is 1.57 bits per heavy atom. The molecule has 0 aliphatic heterocycles. The van der Waals surface area contributed by atoms with Gasteiger partial charge in [0.05, 0.1) is 18.3 Å². The third-order valence-corrected chi connectivity index (χ3v) is 5.60. The summed E-state index contributed by atoms with van der Waals surface area (Å²) in [6.45, 7) is 11.1. The Kier molecular flexibility index (Phi) is 5.44. The summed E-state index contributed by atoms with van der Waals surface area (Å²) < 4.78 is 7.87. The summed E-state index contributed by atoms with van der Waals surface area (Å²) in [5, 5.41) is 14.8. The van der Waals surface area contributed by atoms with Crippen molar-refractivity contribution in [2.45, 2.75) is 40.7 Å². The van der Waals surface area contributed by atoms with Gasteiger partial charge in [-0.15, -0.1) is 5.10 Å². The van der Waals surface area contributed by atoms with Gasteiger partial charge in [0.15, 0.2) is 5.82 Å². The molecular formula is C25H28N4O. The fraction of sp³-hybridized carbons (Fsp3) is 0.280. The highest BCUT2D eigenvalue weighted by molar-refractivity contribution is 5.98. The minimum absolute atomic E-state index is 0.125. The van der Waals surface area contributed by atoms with E-state index in [1.165, 1.54) is 5.56 Å². The lowest BCUT2D eigenvalue weighted by Gasteiger charge is -2.16. The van der Waals surface area contributed by atoms with Gasteiger partial charge in [-0.25, -0.2) is 0 Å². The van der Waals surface area contributed by atoms with Crippen molar-refractivity contribution >= 4 is 16.6 Å². The lowest BCUT2D eigenvalue weighted by Crippen LogP contribution is -2.09. The lowest BCUT2D eigenvalue weighted by molar-refractivity contribution is 0.340. The van der Waals surface area contributed by atoms with Crippen molar-refractivity contribution in [2.24, 2.45) is 0 Å². The molecule has 1 unspecified atom stereocenters. The fourth-order valence-electron chi connectivity index (χ4n) is 4.17. The second-order valence-corrected chi connectivity index (χ2v) is 7.59. The summed E-state index contributed by atoms with van der Waals surface area (Å²) in [6.07, 6.45) is 0. The van der Waals surface area contributed by atoms with Crippen molar-refractivity contribution in [1.29, 1.82) is 0 Å². The van der Waals surface area contributed by atoms with Crippen LogP contribution in [-0.2, 0) is 0 Å². The smallest absolute Gasteiger partial charge is 0.158 e. The van der Waals surface area contributed by atoms with Crippen LogP contribution in [-0.4, -0.2) is 21.4 Å². The van der Waals surface area contributed by atoms with E-state index in [1.807, 2.05) is 32.0 Å². The maximum Gasteiger partial charge on any atom is 0.158 e. The molecule has 4 rings (SSSR count). The Balaban J connectivity index is 1.81. The Hall–Kier alpha value is -3.34. The number of ether oxygens (including phenoxy) is 1. The first-order valence-electron chi connectivity index (χ1n) is 10.4. The Morgan fingerprint density at radius 3 is 2.23 bits per heavy atom. The van der Waals surface area contributed by atoms with Crippen LogP contribution < -0.4 is 10.1 Å². The molecule has 1 atom stereocenters. The van der Waals surface area contributed by atoms with Crippen LogP contribution in [0.5, 0.6) is 5.75 Å². The van der Waals surface area contributed by atoms with Crippen LogP contribution in [0.3, 0.4) is 0 Å². The number of aromatic nitrogens is 3. The predicted octanol–water partition coefficient (Wildman–Crippen LogP) is 5.92. The highest BCUT2D eigenvalue weighted by Gasteiger charge is 2.20. The second kappa shape index (κ2) is 8.19. The molecule has 2 aromatic carbocycles. The predicted molar refractivity (Wildman–Crippen MR) is 123 cm³/mol. The molecule has 0 aliphatic carbocycles. The van der Waals surface area contributed by atoms with Crippen LogP contribution in [0.4, 0.5) is 5.82 Å². The fourth-order valence-corrected chi connectivity index (χ4v) is 4.17. The van der Waals surface area contributed by atoms with Gasteiger partial charge in [-0.2, -0.15) is 5.10 Å². The number of nitrogens with zero attached hydrogens (tertiary/aromatic N) is 3. The van der Waals surface area contributed by atoms with Gasteiger partial charge in [-0.1, -0.05) is 30.3 Å². The molecule has 0 bridgehead atoms. The third kappa shape index (κ3) is 3.52. The third-order valence-electron chi connectivity index (χ3n) is 5.60. The highest BCUT2D eigenvalue weighted by Crippen LogP contribution is 2.35. The van der Waals surface area contributed by atoms with Gasteiger partial charge in [-0.3, -0.25) is 0 Å². The maximum atomic E-state index is 5.60. The van der Waals surface area contributed by atoms with Gasteiger partial charge >= 0.3 is 0 Å².